The molecule has 0 amide bonds. The molecule has 0 aliphatic heterocycles. The Morgan fingerprint density at radius 2 is 1.89 bits per heavy atom. The van der Waals surface area contributed by atoms with Crippen LogP contribution in [0.2, 0.25) is 0 Å². The maximum absolute atomic E-state index is 5.91. The maximum Gasteiger partial charge on any atom is 0.0452 e. The first kappa shape index (κ1) is 12.8. The van der Waals surface area contributed by atoms with Crippen molar-refractivity contribution in [2.45, 2.75) is 11.3 Å². The molecule has 0 saturated heterocycles. The zero-order valence-corrected chi connectivity index (χ0v) is 11.6. The van der Waals surface area contributed by atoms with Gasteiger partial charge in [-0.2, -0.15) is 0 Å². The zero-order chi connectivity index (χ0) is 13.0. The molecule has 0 heterocycles. The van der Waals surface area contributed by atoms with Crippen LogP contribution in [-0.4, -0.2) is 13.3 Å². The molecular weight excluding hydrogens is 240 g/mol. The first-order valence-electron chi connectivity index (χ1n) is 5.92. The molecule has 2 nitrogen and oxygen atoms in total. The molecule has 2 aromatic carbocycles. The second-order valence-electron chi connectivity index (χ2n) is 4.20. The van der Waals surface area contributed by atoms with Gasteiger partial charge in [0.25, 0.3) is 0 Å². The standard InChI is InChI=1S/C15H18N2S/c1-17-13-5-3-4-11(9-13)8-12-6-7-14(16)15(10-12)18-2/h3-7,9-10,17H,8,16H2,1-2H3. The summed E-state index contributed by atoms with van der Waals surface area (Å²) in [6.07, 6.45) is 2.99. The minimum atomic E-state index is 0.857. The first-order chi connectivity index (χ1) is 8.72. The van der Waals surface area contributed by atoms with Crippen molar-refractivity contribution in [3.63, 3.8) is 0 Å². The Bertz CT molecular complexity index is 538. The third-order valence-corrected chi connectivity index (χ3v) is 3.72. The van der Waals surface area contributed by atoms with Crippen LogP contribution in [0.3, 0.4) is 0 Å². The van der Waals surface area contributed by atoms with E-state index in [1.54, 1.807) is 11.8 Å². The van der Waals surface area contributed by atoms with Gasteiger partial charge in [-0.1, -0.05) is 18.2 Å². The molecule has 2 rings (SSSR count). The van der Waals surface area contributed by atoms with Gasteiger partial charge in [-0.25, -0.2) is 0 Å². The van der Waals surface area contributed by atoms with E-state index in [0.29, 0.717) is 0 Å². The van der Waals surface area contributed by atoms with E-state index in [0.717, 1.165) is 22.7 Å². The van der Waals surface area contributed by atoms with Crippen molar-refractivity contribution in [2.24, 2.45) is 0 Å². The van der Waals surface area contributed by atoms with Gasteiger partial charge in [0.05, 0.1) is 0 Å². The molecular formula is C15H18N2S. The predicted molar refractivity (Wildman–Crippen MR) is 81.4 cm³/mol. The summed E-state index contributed by atoms with van der Waals surface area (Å²) in [6.45, 7) is 0. The Hall–Kier alpha value is -1.61. The third kappa shape index (κ3) is 2.99. The largest absolute Gasteiger partial charge is 0.398 e. The fourth-order valence-corrected chi connectivity index (χ4v) is 2.51. The lowest BCUT2D eigenvalue weighted by molar-refractivity contribution is 1.17. The number of rotatable bonds is 4. The summed E-state index contributed by atoms with van der Waals surface area (Å²) in [7, 11) is 1.94. The highest BCUT2D eigenvalue weighted by molar-refractivity contribution is 7.98. The summed E-state index contributed by atoms with van der Waals surface area (Å²) in [5.41, 5.74) is 10.5. The lowest BCUT2D eigenvalue weighted by atomic mass is 10.0. The third-order valence-electron chi connectivity index (χ3n) is 2.92. The van der Waals surface area contributed by atoms with Crippen LogP contribution in [0, 0.1) is 0 Å². The van der Waals surface area contributed by atoms with Crippen molar-refractivity contribution in [1.29, 1.82) is 0 Å². The average molecular weight is 258 g/mol. The van der Waals surface area contributed by atoms with Gasteiger partial charge in [-0.3, -0.25) is 0 Å². The van der Waals surface area contributed by atoms with Gasteiger partial charge < -0.3 is 11.1 Å². The first-order valence-corrected chi connectivity index (χ1v) is 7.14. The van der Waals surface area contributed by atoms with Crippen LogP contribution < -0.4 is 11.1 Å². The van der Waals surface area contributed by atoms with E-state index < -0.39 is 0 Å². The van der Waals surface area contributed by atoms with Crippen LogP contribution in [0.4, 0.5) is 11.4 Å². The molecule has 0 bridgehead atoms. The Morgan fingerprint density at radius 3 is 2.61 bits per heavy atom. The van der Waals surface area contributed by atoms with Gasteiger partial charge >= 0.3 is 0 Å². The average Bonchev–Trinajstić information content (AvgIpc) is 2.41. The van der Waals surface area contributed by atoms with Gasteiger partial charge in [0.15, 0.2) is 0 Å². The number of hydrogen-bond donors (Lipinski definition) is 2. The van der Waals surface area contributed by atoms with E-state index in [4.69, 9.17) is 5.73 Å². The van der Waals surface area contributed by atoms with Gasteiger partial charge in [0, 0.05) is 23.3 Å². The van der Waals surface area contributed by atoms with Crippen molar-refractivity contribution in [3.05, 3.63) is 53.6 Å². The Morgan fingerprint density at radius 1 is 1.11 bits per heavy atom. The topological polar surface area (TPSA) is 38.0 Å². The molecule has 0 aliphatic rings. The summed E-state index contributed by atoms with van der Waals surface area (Å²) in [4.78, 5) is 1.15. The smallest absolute Gasteiger partial charge is 0.0452 e. The number of nitrogens with one attached hydrogen (secondary N) is 1. The molecule has 0 aromatic heterocycles. The molecule has 0 unspecified atom stereocenters. The minimum absolute atomic E-state index is 0.857. The summed E-state index contributed by atoms with van der Waals surface area (Å²) in [6, 6.07) is 14.7. The Balaban J connectivity index is 2.22. The maximum atomic E-state index is 5.91. The number of anilines is 2. The van der Waals surface area contributed by atoms with Gasteiger partial charge in [-0.05, 0) is 48.1 Å². The molecule has 0 aliphatic carbocycles. The van der Waals surface area contributed by atoms with Crippen molar-refractivity contribution >= 4 is 23.1 Å². The van der Waals surface area contributed by atoms with E-state index in [1.165, 1.54) is 11.1 Å². The number of nitrogens with two attached hydrogens (primary N) is 1. The second kappa shape index (κ2) is 5.83. The lowest BCUT2D eigenvalue weighted by Crippen LogP contribution is -1.94. The van der Waals surface area contributed by atoms with Crippen LogP contribution in [-0.2, 0) is 6.42 Å². The SMILES string of the molecule is CNc1cccc(Cc2ccc(N)c(SC)c2)c1. The number of benzene rings is 2. The molecule has 18 heavy (non-hydrogen) atoms. The van der Waals surface area contributed by atoms with E-state index in [9.17, 15) is 0 Å². The number of thioether (sulfide) groups is 1. The molecule has 0 fully saturated rings. The molecule has 0 spiro atoms. The van der Waals surface area contributed by atoms with Crippen molar-refractivity contribution in [3.8, 4) is 0 Å². The molecule has 0 atom stereocenters. The molecule has 3 heteroatoms. The van der Waals surface area contributed by atoms with Crippen molar-refractivity contribution in [1.82, 2.24) is 0 Å². The predicted octanol–water partition coefficient (Wildman–Crippen LogP) is 3.62. The van der Waals surface area contributed by atoms with Gasteiger partial charge in [0.2, 0.25) is 0 Å². The Labute approximate surface area is 113 Å². The Kier molecular flexibility index (Phi) is 4.15. The summed E-state index contributed by atoms with van der Waals surface area (Å²) in [5.74, 6) is 0. The van der Waals surface area contributed by atoms with Gasteiger partial charge in [-0.15, -0.1) is 11.8 Å². The molecule has 0 radical (unpaired) electrons. The van der Waals surface area contributed by atoms with E-state index in [1.807, 2.05) is 13.1 Å². The highest BCUT2D eigenvalue weighted by Crippen LogP contribution is 2.25. The zero-order valence-electron chi connectivity index (χ0n) is 10.7. The molecule has 94 valence electrons. The van der Waals surface area contributed by atoms with Crippen LogP contribution in [0.25, 0.3) is 0 Å². The lowest BCUT2D eigenvalue weighted by Gasteiger charge is -2.08. The van der Waals surface area contributed by atoms with Crippen LogP contribution in [0.5, 0.6) is 0 Å². The normalized spacial score (nSPS) is 10.3. The fourth-order valence-electron chi connectivity index (χ4n) is 1.94. The second-order valence-corrected chi connectivity index (χ2v) is 5.05. The highest BCUT2D eigenvalue weighted by atomic mass is 32.2. The molecule has 2 aromatic rings. The monoisotopic (exact) mass is 258 g/mol. The van der Waals surface area contributed by atoms with Crippen molar-refractivity contribution in [2.75, 3.05) is 24.4 Å². The van der Waals surface area contributed by atoms with Gasteiger partial charge in [0.1, 0.15) is 0 Å². The summed E-state index contributed by atoms with van der Waals surface area (Å²) in [5, 5.41) is 3.16. The van der Waals surface area contributed by atoms with Crippen LogP contribution in [0.15, 0.2) is 47.4 Å². The summed E-state index contributed by atoms with van der Waals surface area (Å²) >= 11 is 1.69. The van der Waals surface area contributed by atoms with E-state index >= 15 is 0 Å². The van der Waals surface area contributed by atoms with Crippen LogP contribution in [0.1, 0.15) is 11.1 Å². The minimum Gasteiger partial charge on any atom is -0.398 e. The molecule has 0 saturated carbocycles. The fraction of sp³-hybridized carbons (Fsp3) is 0.200. The van der Waals surface area contributed by atoms with Crippen molar-refractivity contribution < 1.29 is 0 Å². The number of hydrogen-bond acceptors (Lipinski definition) is 3. The van der Waals surface area contributed by atoms with E-state index in [-0.39, 0.29) is 0 Å². The number of nitrogen functional groups attached to an aromatic ring is 1. The van der Waals surface area contributed by atoms with Crippen LogP contribution >= 0.6 is 11.8 Å². The van der Waals surface area contributed by atoms with E-state index in [2.05, 4.69) is 48.0 Å². The molecule has 3 N–H and O–H groups in total. The quantitative estimate of drug-likeness (QED) is 0.649. The highest BCUT2D eigenvalue weighted by Gasteiger charge is 2.02. The summed E-state index contributed by atoms with van der Waals surface area (Å²) < 4.78 is 0.